The van der Waals surface area contributed by atoms with E-state index in [1.54, 1.807) is 7.11 Å². The fourth-order valence-corrected chi connectivity index (χ4v) is 3.17. The third-order valence-corrected chi connectivity index (χ3v) is 4.36. The van der Waals surface area contributed by atoms with Crippen LogP contribution in [0.5, 0.6) is 0 Å². The summed E-state index contributed by atoms with van der Waals surface area (Å²) in [4.78, 5) is 2.32. The number of aliphatic hydroxyl groups is 1. The fourth-order valence-electron chi connectivity index (χ4n) is 3.17. The Morgan fingerprint density at radius 1 is 1.21 bits per heavy atom. The maximum Gasteiger partial charge on any atom is 0.129 e. The number of methoxy groups -OCH3 is 1. The summed E-state index contributed by atoms with van der Waals surface area (Å²) in [5.74, 6) is 1.68. The Labute approximate surface area is 143 Å². The molecule has 1 aliphatic rings. The number of nitrogens with zero attached hydrogens (tertiary/aromatic N) is 1. The van der Waals surface area contributed by atoms with E-state index in [2.05, 4.69) is 34.5 Å². The lowest BCUT2D eigenvalue weighted by Crippen LogP contribution is -2.40. The van der Waals surface area contributed by atoms with Crippen molar-refractivity contribution in [2.75, 3.05) is 26.7 Å². The van der Waals surface area contributed by atoms with E-state index >= 15 is 0 Å². The number of benzene rings is 1. The Kier molecular flexibility index (Phi) is 6.04. The molecule has 130 valence electrons. The van der Waals surface area contributed by atoms with Crippen LogP contribution in [-0.2, 0) is 30.9 Å². The predicted molar refractivity (Wildman–Crippen MR) is 92.6 cm³/mol. The molecule has 24 heavy (non-hydrogen) atoms. The normalized spacial score (nSPS) is 16.1. The molecule has 0 saturated heterocycles. The van der Waals surface area contributed by atoms with Crippen LogP contribution in [0, 0.1) is 0 Å². The van der Waals surface area contributed by atoms with Crippen LogP contribution in [0.3, 0.4) is 0 Å². The predicted octanol–water partition coefficient (Wildman–Crippen LogP) is 1.93. The smallest absolute Gasteiger partial charge is 0.129 e. The van der Waals surface area contributed by atoms with Crippen LogP contribution in [0.15, 0.2) is 40.8 Å². The number of hydrogen-bond acceptors (Lipinski definition) is 5. The Hall–Kier alpha value is -1.66. The van der Waals surface area contributed by atoms with E-state index < -0.39 is 0 Å². The first-order valence-electron chi connectivity index (χ1n) is 8.49. The molecule has 0 radical (unpaired) electrons. The van der Waals surface area contributed by atoms with Crippen LogP contribution < -0.4 is 5.32 Å². The molecular formula is C19H26N2O3. The van der Waals surface area contributed by atoms with Crippen LogP contribution >= 0.6 is 0 Å². The molecule has 0 fully saturated rings. The number of aliphatic hydroxyl groups excluding tert-OH is 1. The largest absolute Gasteiger partial charge is 0.462 e. The van der Waals surface area contributed by atoms with Crippen molar-refractivity contribution in [3.63, 3.8) is 0 Å². The number of nitrogens with one attached hydrogen (secondary N) is 1. The Bertz CT molecular complexity index is 641. The standard InChI is InChI=1S/C19H26N2O3/c1-23-14-19-7-6-18(24-19)11-20-10-17(22)13-21-9-8-15-4-2-3-5-16(15)12-21/h2-7,17,20,22H,8-14H2,1H3. The maximum atomic E-state index is 10.3. The molecule has 3 rings (SSSR count). The van der Waals surface area contributed by atoms with Gasteiger partial charge in [-0.15, -0.1) is 0 Å². The molecule has 1 aromatic heterocycles. The lowest BCUT2D eigenvalue weighted by molar-refractivity contribution is 0.103. The molecule has 2 aromatic rings. The van der Waals surface area contributed by atoms with Crippen molar-refractivity contribution in [2.24, 2.45) is 0 Å². The van der Waals surface area contributed by atoms with Gasteiger partial charge in [0.1, 0.15) is 18.1 Å². The third kappa shape index (κ3) is 4.68. The van der Waals surface area contributed by atoms with E-state index in [0.717, 1.165) is 31.0 Å². The second-order valence-electron chi connectivity index (χ2n) is 6.34. The summed E-state index contributed by atoms with van der Waals surface area (Å²) >= 11 is 0. The van der Waals surface area contributed by atoms with Crippen molar-refractivity contribution in [3.8, 4) is 0 Å². The Morgan fingerprint density at radius 3 is 2.83 bits per heavy atom. The molecule has 2 N–H and O–H groups in total. The topological polar surface area (TPSA) is 57.9 Å². The summed E-state index contributed by atoms with van der Waals surface area (Å²) in [5, 5.41) is 13.5. The van der Waals surface area contributed by atoms with Gasteiger partial charge < -0.3 is 19.6 Å². The molecule has 0 spiro atoms. The summed E-state index contributed by atoms with van der Waals surface area (Å²) in [7, 11) is 1.65. The molecule has 0 aliphatic carbocycles. The zero-order valence-corrected chi connectivity index (χ0v) is 14.2. The number of ether oxygens (including phenoxy) is 1. The average molecular weight is 330 g/mol. The molecule has 5 nitrogen and oxygen atoms in total. The zero-order chi connectivity index (χ0) is 16.8. The minimum Gasteiger partial charge on any atom is -0.462 e. The highest BCUT2D eigenvalue weighted by molar-refractivity contribution is 5.29. The number of furan rings is 1. The van der Waals surface area contributed by atoms with Gasteiger partial charge in [0.15, 0.2) is 0 Å². The van der Waals surface area contributed by atoms with Gasteiger partial charge in [-0.1, -0.05) is 24.3 Å². The van der Waals surface area contributed by atoms with E-state index in [1.165, 1.54) is 11.1 Å². The molecule has 2 heterocycles. The highest BCUT2D eigenvalue weighted by atomic mass is 16.5. The summed E-state index contributed by atoms with van der Waals surface area (Å²) < 4.78 is 10.6. The molecule has 1 unspecified atom stereocenters. The van der Waals surface area contributed by atoms with Gasteiger partial charge >= 0.3 is 0 Å². The van der Waals surface area contributed by atoms with Crippen molar-refractivity contribution in [2.45, 2.75) is 32.2 Å². The summed E-state index contributed by atoms with van der Waals surface area (Å²) in [5.41, 5.74) is 2.82. The van der Waals surface area contributed by atoms with Crippen molar-refractivity contribution in [3.05, 3.63) is 59.0 Å². The van der Waals surface area contributed by atoms with Gasteiger partial charge in [0.2, 0.25) is 0 Å². The molecule has 1 aromatic carbocycles. The zero-order valence-electron chi connectivity index (χ0n) is 14.2. The lowest BCUT2D eigenvalue weighted by atomic mass is 10.00. The van der Waals surface area contributed by atoms with Gasteiger partial charge in [-0.25, -0.2) is 0 Å². The quantitative estimate of drug-likeness (QED) is 0.775. The summed E-state index contributed by atoms with van der Waals surface area (Å²) in [6.07, 6.45) is 0.675. The fraction of sp³-hybridized carbons (Fsp3) is 0.474. The second kappa shape index (κ2) is 8.44. The van der Waals surface area contributed by atoms with E-state index in [1.807, 2.05) is 12.1 Å². The average Bonchev–Trinajstić information content (AvgIpc) is 3.02. The molecule has 0 amide bonds. The van der Waals surface area contributed by atoms with Gasteiger partial charge in [0, 0.05) is 33.3 Å². The minimum atomic E-state index is -0.385. The molecule has 0 bridgehead atoms. The van der Waals surface area contributed by atoms with Crippen LogP contribution in [0.4, 0.5) is 0 Å². The van der Waals surface area contributed by atoms with Crippen molar-refractivity contribution in [1.29, 1.82) is 0 Å². The number of hydrogen-bond donors (Lipinski definition) is 2. The highest BCUT2D eigenvalue weighted by Gasteiger charge is 2.18. The minimum absolute atomic E-state index is 0.385. The van der Waals surface area contributed by atoms with Gasteiger partial charge in [-0.05, 0) is 29.7 Å². The molecule has 5 heteroatoms. The molecule has 1 atom stereocenters. The first-order chi connectivity index (χ1) is 11.7. The van der Waals surface area contributed by atoms with E-state index in [9.17, 15) is 5.11 Å². The molecule has 1 aliphatic heterocycles. The first kappa shape index (κ1) is 17.2. The van der Waals surface area contributed by atoms with Gasteiger partial charge in [0.25, 0.3) is 0 Å². The Morgan fingerprint density at radius 2 is 2.00 bits per heavy atom. The molecule has 0 saturated carbocycles. The monoisotopic (exact) mass is 330 g/mol. The highest BCUT2D eigenvalue weighted by Crippen LogP contribution is 2.18. The van der Waals surface area contributed by atoms with Gasteiger partial charge in [-0.3, -0.25) is 4.90 Å². The number of β-amino-alcohol motifs (C(OH)–C–C–N with tert-alkyl or cyclic N) is 1. The second-order valence-corrected chi connectivity index (χ2v) is 6.34. The summed E-state index contributed by atoms with van der Waals surface area (Å²) in [6, 6.07) is 12.4. The van der Waals surface area contributed by atoms with Crippen LogP contribution in [0.1, 0.15) is 22.6 Å². The number of rotatable bonds is 8. The van der Waals surface area contributed by atoms with Crippen molar-refractivity contribution >= 4 is 0 Å². The molecular weight excluding hydrogens is 304 g/mol. The summed E-state index contributed by atoms with van der Waals surface area (Å²) in [6.45, 7) is 4.27. The first-order valence-corrected chi connectivity index (χ1v) is 8.49. The van der Waals surface area contributed by atoms with Gasteiger partial charge in [-0.2, -0.15) is 0 Å². The van der Waals surface area contributed by atoms with E-state index in [0.29, 0.717) is 26.2 Å². The van der Waals surface area contributed by atoms with Crippen molar-refractivity contribution < 1.29 is 14.3 Å². The SMILES string of the molecule is COCc1ccc(CNCC(O)CN2CCc3ccccc3C2)o1. The van der Waals surface area contributed by atoms with E-state index in [4.69, 9.17) is 9.15 Å². The van der Waals surface area contributed by atoms with Crippen LogP contribution in [0.2, 0.25) is 0 Å². The third-order valence-electron chi connectivity index (χ3n) is 4.36. The van der Waals surface area contributed by atoms with Crippen molar-refractivity contribution in [1.82, 2.24) is 10.2 Å². The maximum absolute atomic E-state index is 10.3. The lowest BCUT2D eigenvalue weighted by Gasteiger charge is -2.30. The Balaban J connectivity index is 1.39. The van der Waals surface area contributed by atoms with Gasteiger partial charge in [0.05, 0.1) is 12.6 Å². The van der Waals surface area contributed by atoms with E-state index in [-0.39, 0.29) is 6.10 Å². The number of fused-ring (bicyclic) bond motifs is 1. The van der Waals surface area contributed by atoms with Crippen LogP contribution in [-0.4, -0.2) is 42.9 Å². The van der Waals surface area contributed by atoms with Crippen LogP contribution in [0.25, 0.3) is 0 Å².